The molecule has 0 unspecified atom stereocenters. The summed E-state index contributed by atoms with van der Waals surface area (Å²) in [7, 11) is 0. The van der Waals surface area contributed by atoms with Crippen molar-refractivity contribution in [3.8, 4) is 46.0 Å². The van der Waals surface area contributed by atoms with E-state index in [0.717, 1.165) is 20.6 Å². The molecule has 11 rings (SSSR count). The lowest BCUT2D eigenvalue weighted by molar-refractivity contribution is -0.131. The summed E-state index contributed by atoms with van der Waals surface area (Å²) in [4.78, 5) is 72.5. The van der Waals surface area contributed by atoms with Gasteiger partial charge in [-0.15, -0.1) is 0 Å². The Bertz CT molecular complexity index is 5210. The lowest BCUT2D eigenvalue weighted by atomic mass is 10.1. The molecule has 10 N–H and O–H groups in total. The number of hydrogen-bond acceptors (Lipinski definition) is 13. The van der Waals surface area contributed by atoms with Gasteiger partial charge in [-0.2, -0.15) is 0 Å². The second-order valence-corrected chi connectivity index (χ2v) is 33.9. The maximum atomic E-state index is 12.5. The Hall–Kier alpha value is -5.32. The number of hydrogen-bond donors (Lipinski definition) is 10. The molecule has 0 saturated heterocycles. The third-order valence-corrected chi connectivity index (χ3v) is 21.3. The van der Waals surface area contributed by atoms with E-state index in [1.165, 1.54) is 31.2 Å². The number of carbonyl (C=O) groups is 6. The molecule has 0 bridgehead atoms. The number of ether oxygens (including phenoxy) is 2. The van der Waals surface area contributed by atoms with E-state index in [1.54, 1.807) is 133 Å². The number of phenols is 5. The van der Waals surface area contributed by atoms with Crippen molar-refractivity contribution < 1.29 is 63.8 Å². The minimum atomic E-state index is -0.847. The Labute approximate surface area is 752 Å². The number of benzene rings is 11. The van der Waals surface area contributed by atoms with Gasteiger partial charge in [0.1, 0.15) is 40.1 Å². The molecule has 0 spiro atoms. The van der Waals surface area contributed by atoms with Gasteiger partial charge in [-0.25, -0.2) is 0 Å². The van der Waals surface area contributed by atoms with Gasteiger partial charge in [0, 0.05) is 69.8 Å². The third kappa shape index (κ3) is 26.9. The first-order valence-corrected chi connectivity index (χ1v) is 40.9. The minimum absolute atomic E-state index is 0.0111. The number of amides is 5. The zero-order valence-corrected chi connectivity index (χ0v) is 76.4. The van der Waals surface area contributed by atoms with E-state index >= 15 is 0 Å². The molecule has 108 heavy (non-hydrogen) atoms. The number of anilines is 5. The van der Waals surface area contributed by atoms with Crippen LogP contribution in [0.25, 0.3) is 0 Å². The van der Waals surface area contributed by atoms with E-state index in [0.29, 0.717) is 71.0 Å². The van der Waals surface area contributed by atoms with Gasteiger partial charge in [-0.3, -0.25) is 28.8 Å². The average molecular weight is 2390 g/mol. The predicted molar refractivity (Wildman–Crippen MR) is 480 cm³/mol. The van der Waals surface area contributed by atoms with Crippen LogP contribution in [-0.4, -0.2) is 61.0 Å². The summed E-state index contributed by atoms with van der Waals surface area (Å²) in [6.07, 6.45) is 0. The molecule has 0 aliphatic heterocycles. The van der Waals surface area contributed by atoms with Crippen LogP contribution in [0.4, 0.5) is 28.4 Å². The highest BCUT2D eigenvalue weighted by Crippen LogP contribution is 2.42. The number of carbonyl (C=O) groups excluding carboxylic acids is 6. The highest BCUT2D eigenvalue weighted by Gasteiger charge is 2.25. The van der Waals surface area contributed by atoms with Crippen molar-refractivity contribution >= 4 is 327 Å². The average Bonchev–Trinajstić information content (AvgIpc) is 0.808. The van der Waals surface area contributed by atoms with Gasteiger partial charge in [0.05, 0.1) is 64.7 Å². The van der Waals surface area contributed by atoms with Crippen LogP contribution in [0.15, 0.2) is 210 Å². The number of halogens is 17. The normalized spacial score (nSPS) is 10.4. The van der Waals surface area contributed by atoms with Crippen LogP contribution in [0.3, 0.4) is 0 Å². The molecule has 5 amide bonds. The van der Waals surface area contributed by atoms with Crippen molar-refractivity contribution in [2.24, 2.45) is 0 Å². The molecule has 0 radical (unpaired) electrons. The molecular weight excluding hydrogens is 2350 g/mol. The van der Waals surface area contributed by atoms with Gasteiger partial charge in [-0.05, 0) is 294 Å². The van der Waals surface area contributed by atoms with Crippen LogP contribution in [-0.2, 0) is 4.79 Å². The van der Waals surface area contributed by atoms with Gasteiger partial charge in [-0.1, -0.05) is 157 Å². The summed E-state index contributed by atoms with van der Waals surface area (Å²) >= 11 is 71.6. The van der Waals surface area contributed by atoms with Gasteiger partial charge in [0.2, 0.25) is 0 Å². The van der Waals surface area contributed by atoms with Crippen LogP contribution in [0.5, 0.6) is 46.0 Å². The topological polar surface area (TPSA) is 282 Å². The van der Waals surface area contributed by atoms with E-state index in [2.05, 4.69) is 151 Å². The van der Waals surface area contributed by atoms with Crippen LogP contribution >= 0.6 is 263 Å². The molecule has 558 valence electrons. The number of nitrogens with one attached hydrogen (secondary N) is 5. The van der Waals surface area contributed by atoms with Crippen molar-refractivity contribution in [3.05, 3.63) is 293 Å². The molecule has 0 saturated carbocycles. The van der Waals surface area contributed by atoms with Crippen molar-refractivity contribution in [2.75, 3.05) is 26.6 Å². The number of rotatable bonds is 13. The first-order chi connectivity index (χ1) is 50.9. The quantitative estimate of drug-likeness (QED) is 0.0169. The molecular formula is C73H44Br5Cl8I4N5O13. The summed E-state index contributed by atoms with van der Waals surface area (Å²) in [5.41, 5.74) is 2.95. The Kier molecular flexibility index (Phi) is 35.4. The van der Waals surface area contributed by atoms with Crippen LogP contribution in [0.2, 0.25) is 40.2 Å². The monoisotopic (exact) mass is 2380 g/mol. The van der Waals surface area contributed by atoms with Crippen molar-refractivity contribution in [3.63, 3.8) is 0 Å². The largest absolute Gasteiger partial charge is 0.507 e. The molecule has 0 aliphatic rings. The zero-order chi connectivity index (χ0) is 79.5. The zero-order valence-electron chi connectivity index (χ0n) is 53.8. The van der Waals surface area contributed by atoms with E-state index < -0.39 is 23.5 Å². The third-order valence-electron chi connectivity index (χ3n) is 13.4. The van der Waals surface area contributed by atoms with E-state index in [-0.39, 0.29) is 99.5 Å². The molecule has 0 fully saturated rings. The summed E-state index contributed by atoms with van der Waals surface area (Å²) in [5, 5.41) is 63.9. The molecule has 18 nitrogen and oxygen atoms in total. The molecule has 35 heteroatoms. The van der Waals surface area contributed by atoms with Crippen molar-refractivity contribution in [1.82, 2.24) is 0 Å². The number of phenolic OH excluding ortho intramolecular Hbond substituents is 5. The highest BCUT2D eigenvalue weighted by molar-refractivity contribution is 14.1. The Morgan fingerprint density at radius 1 is 0.370 bits per heavy atom. The predicted octanol–water partition coefficient (Wildman–Crippen LogP) is 26.4. The van der Waals surface area contributed by atoms with E-state index in [4.69, 9.17) is 102 Å². The van der Waals surface area contributed by atoms with Crippen molar-refractivity contribution in [2.45, 2.75) is 6.92 Å². The van der Waals surface area contributed by atoms with Gasteiger partial charge < -0.3 is 61.6 Å². The fourth-order valence-corrected chi connectivity index (χ4v) is 16.0. The second-order valence-electron chi connectivity index (χ2n) is 21.2. The standard InChI is InChI=1S/C19H11Cl2I2NO3.C15H10ClI2NO3.C13H8Br3NO2.C13H9Br2NO2.C13H6Cl5NO3/c20-10-1-4-13(5-2-10)27-17-6-3-12(9-15(17)21)24-19(26)14-7-11(22)8-16(23)18(14)25;1-8(20)22-14-12(6-10(17)7-13(14)18)15(21)19-11-4-2-9(16)3-5-11;14-7-1-3-9(4-2-7)17-13(19)10-5-8(15)6-11(16)12(10)18;14-8-1-4-10(5-2-8)16-13(18)11-7-9(15)3-6-12(11)17;14-4-1-6(16)11(20)8(2-4)19-13(22)9-10(18)5(15)3-7(17)12(9)21/h1-9,25H,(H,24,26);2-7H,1H3,(H,19,21);1-6,18H,(H,17,19);1-7,17H,(H,16,18);1-3,20-21H,(H,19,22). The lowest BCUT2D eigenvalue weighted by Crippen LogP contribution is -2.16. The first-order valence-electron chi connectivity index (χ1n) is 29.6. The number of esters is 1. The van der Waals surface area contributed by atoms with Crippen LogP contribution in [0, 0.1) is 14.3 Å². The van der Waals surface area contributed by atoms with Crippen LogP contribution < -0.4 is 36.1 Å². The fraction of sp³-hybridized carbons (Fsp3) is 0.0137. The van der Waals surface area contributed by atoms with E-state index in [1.807, 2.05) is 75.5 Å². The lowest BCUT2D eigenvalue weighted by Gasteiger charge is -2.12. The number of aromatic hydroxyl groups is 5. The summed E-state index contributed by atoms with van der Waals surface area (Å²) < 4.78 is 17.7. The Morgan fingerprint density at radius 2 is 0.824 bits per heavy atom. The van der Waals surface area contributed by atoms with Gasteiger partial charge in [0.15, 0.2) is 11.5 Å². The Balaban J connectivity index is 0.000000189. The molecule has 11 aromatic carbocycles. The minimum Gasteiger partial charge on any atom is -0.507 e. The molecule has 0 aliphatic carbocycles. The maximum absolute atomic E-state index is 12.5. The molecule has 11 aromatic rings. The van der Waals surface area contributed by atoms with Crippen molar-refractivity contribution in [1.29, 1.82) is 0 Å². The molecule has 0 heterocycles. The van der Waals surface area contributed by atoms with E-state index in [9.17, 15) is 54.3 Å². The Morgan fingerprint density at radius 3 is 1.37 bits per heavy atom. The highest BCUT2D eigenvalue weighted by atomic mass is 127. The second kappa shape index (κ2) is 42.5. The van der Waals surface area contributed by atoms with Crippen LogP contribution in [0.1, 0.15) is 58.7 Å². The summed E-state index contributed by atoms with van der Waals surface area (Å²) in [5.74, 6) is -2.63. The molecule has 0 aromatic heterocycles. The molecule has 0 atom stereocenters. The SMILES string of the molecule is CC(=O)Oc1c(I)cc(I)cc1C(=O)Nc1ccc(Cl)cc1.O=C(Nc1cc(Cl)cc(Cl)c1O)c1c(O)c(Cl)cc(Cl)c1Cl.O=C(Nc1ccc(Br)cc1)c1cc(Br)cc(Br)c1O.O=C(Nc1ccc(Br)cc1)c1cc(Br)ccc1O.O=C(Nc1ccc(Oc2ccc(Cl)cc2)c(Cl)c1)c1cc(I)cc(I)c1O. The fourth-order valence-electron chi connectivity index (χ4n) is 8.47. The first kappa shape index (κ1) is 89.9. The maximum Gasteiger partial charge on any atom is 0.308 e. The summed E-state index contributed by atoms with van der Waals surface area (Å²) in [6.45, 7) is 1.30. The summed E-state index contributed by atoms with van der Waals surface area (Å²) in [6, 6.07) is 51.6. The van der Waals surface area contributed by atoms with Gasteiger partial charge >= 0.3 is 5.97 Å². The van der Waals surface area contributed by atoms with Gasteiger partial charge in [0.25, 0.3) is 29.5 Å². The smallest absolute Gasteiger partial charge is 0.308 e.